The summed E-state index contributed by atoms with van der Waals surface area (Å²) in [5.41, 5.74) is 1.32. The largest absolute Gasteiger partial charge is 0.480 e. The van der Waals surface area contributed by atoms with Crippen LogP contribution in [0.3, 0.4) is 0 Å². The topological polar surface area (TPSA) is 124 Å². The second kappa shape index (κ2) is 8.01. The van der Waals surface area contributed by atoms with E-state index >= 15 is 0 Å². The first-order valence-corrected chi connectivity index (χ1v) is 8.61. The second-order valence-corrected chi connectivity index (χ2v) is 6.30. The minimum Gasteiger partial charge on any atom is -0.480 e. The smallest absolute Gasteiger partial charge is 0.328 e. The fraction of sp³-hybridized carbons (Fsp3) is 0.200. The van der Waals surface area contributed by atoms with E-state index in [1.807, 2.05) is 30.3 Å². The zero-order valence-corrected chi connectivity index (χ0v) is 14.8. The molecule has 0 saturated heterocycles. The van der Waals surface area contributed by atoms with Gasteiger partial charge in [-0.25, -0.2) is 4.79 Å². The number of imide groups is 1. The SMILES string of the molecule is O=C(N[C@H](CO)C(=O)O)c1ccc2c(c1)C(=O)N(CCc1ccccc1)C2=O. The summed E-state index contributed by atoms with van der Waals surface area (Å²) in [4.78, 5) is 49.4. The number of nitrogens with one attached hydrogen (secondary N) is 1. The average Bonchev–Trinajstić information content (AvgIpc) is 2.94. The van der Waals surface area contributed by atoms with Crippen molar-refractivity contribution in [3.05, 3.63) is 70.8 Å². The first-order chi connectivity index (χ1) is 13.4. The summed E-state index contributed by atoms with van der Waals surface area (Å²) < 4.78 is 0. The van der Waals surface area contributed by atoms with Crippen molar-refractivity contribution in [2.45, 2.75) is 12.5 Å². The van der Waals surface area contributed by atoms with Gasteiger partial charge in [0.25, 0.3) is 17.7 Å². The lowest BCUT2D eigenvalue weighted by Gasteiger charge is -2.13. The number of carbonyl (C=O) groups is 4. The summed E-state index contributed by atoms with van der Waals surface area (Å²) in [7, 11) is 0. The molecule has 144 valence electrons. The molecule has 1 aliphatic heterocycles. The number of carbonyl (C=O) groups excluding carboxylic acids is 3. The quantitative estimate of drug-likeness (QED) is 0.606. The number of hydrogen-bond acceptors (Lipinski definition) is 5. The van der Waals surface area contributed by atoms with Gasteiger partial charge in [-0.05, 0) is 30.2 Å². The minimum atomic E-state index is -1.46. The van der Waals surface area contributed by atoms with Gasteiger partial charge in [-0.2, -0.15) is 0 Å². The van der Waals surface area contributed by atoms with Crippen LogP contribution in [0.15, 0.2) is 48.5 Å². The standard InChI is InChI=1S/C20H18N2O6/c23-11-16(20(27)28)21-17(24)13-6-7-14-15(10-13)19(26)22(18(14)25)9-8-12-4-2-1-3-5-12/h1-7,10,16,23H,8-9,11H2,(H,21,24)(H,27,28)/t16-/m1/s1. The van der Waals surface area contributed by atoms with E-state index in [2.05, 4.69) is 5.32 Å². The Hall–Kier alpha value is -3.52. The number of benzene rings is 2. The maximum absolute atomic E-state index is 12.6. The predicted molar refractivity (Wildman–Crippen MR) is 97.9 cm³/mol. The maximum Gasteiger partial charge on any atom is 0.328 e. The van der Waals surface area contributed by atoms with Gasteiger partial charge in [-0.3, -0.25) is 19.3 Å². The predicted octanol–water partition coefficient (Wildman–Crippen LogP) is 0.701. The number of rotatable bonds is 7. The van der Waals surface area contributed by atoms with E-state index in [-0.39, 0.29) is 23.2 Å². The molecule has 3 N–H and O–H groups in total. The molecule has 0 bridgehead atoms. The summed E-state index contributed by atoms with van der Waals surface area (Å²) in [5.74, 6) is -3.06. The van der Waals surface area contributed by atoms with Crippen LogP contribution in [0.4, 0.5) is 0 Å². The van der Waals surface area contributed by atoms with Gasteiger partial charge in [-0.1, -0.05) is 30.3 Å². The van der Waals surface area contributed by atoms with Gasteiger partial charge in [-0.15, -0.1) is 0 Å². The van der Waals surface area contributed by atoms with Crippen LogP contribution >= 0.6 is 0 Å². The third-order valence-corrected chi connectivity index (χ3v) is 4.49. The molecule has 0 fully saturated rings. The van der Waals surface area contributed by atoms with E-state index in [1.165, 1.54) is 18.2 Å². The Bertz CT molecular complexity index is 941. The fourth-order valence-electron chi connectivity index (χ4n) is 2.95. The molecule has 8 nitrogen and oxygen atoms in total. The highest BCUT2D eigenvalue weighted by Crippen LogP contribution is 2.24. The second-order valence-electron chi connectivity index (χ2n) is 6.30. The zero-order valence-electron chi connectivity index (χ0n) is 14.8. The van der Waals surface area contributed by atoms with Crippen LogP contribution in [0.5, 0.6) is 0 Å². The molecule has 0 unspecified atom stereocenters. The van der Waals surface area contributed by atoms with Crippen LogP contribution in [0.2, 0.25) is 0 Å². The van der Waals surface area contributed by atoms with Crippen molar-refractivity contribution >= 4 is 23.7 Å². The van der Waals surface area contributed by atoms with E-state index in [4.69, 9.17) is 10.2 Å². The lowest BCUT2D eigenvalue weighted by Crippen LogP contribution is -2.43. The Morgan fingerprint density at radius 1 is 1.00 bits per heavy atom. The van der Waals surface area contributed by atoms with Crippen LogP contribution in [-0.2, 0) is 11.2 Å². The van der Waals surface area contributed by atoms with Crippen molar-refractivity contribution in [2.24, 2.45) is 0 Å². The van der Waals surface area contributed by atoms with Crippen molar-refractivity contribution in [2.75, 3.05) is 13.2 Å². The van der Waals surface area contributed by atoms with E-state index in [0.717, 1.165) is 10.5 Å². The molecule has 3 amide bonds. The summed E-state index contributed by atoms with van der Waals surface area (Å²) in [6.07, 6.45) is 0.510. The third kappa shape index (κ3) is 3.77. The Morgan fingerprint density at radius 3 is 2.32 bits per heavy atom. The van der Waals surface area contributed by atoms with E-state index < -0.39 is 36.3 Å². The third-order valence-electron chi connectivity index (χ3n) is 4.49. The molecule has 2 aromatic rings. The Balaban J connectivity index is 1.76. The maximum atomic E-state index is 12.6. The normalized spacial score (nSPS) is 14.0. The summed E-state index contributed by atoms with van der Waals surface area (Å²) in [6, 6.07) is 12.0. The van der Waals surface area contributed by atoms with Crippen molar-refractivity contribution in [1.29, 1.82) is 0 Å². The minimum absolute atomic E-state index is 0.0320. The van der Waals surface area contributed by atoms with Gasteiger partial charge in [0, 0.05) is 12.1 Å². The molecule has 8 heteroatoms. The number of nitrogens with zero attached hydrogens (tertiary/aromatic N) is 1. The molecular formula is C20H18N2O6. The number of aliphatic hydroxyl groups excluding tert-OH is 1. The van der Waals surface area contributed by atoms with Crippen LogP contribution in [0.25, 0.3) is 0 Å². The number of hydrogen-bond donors (Lipinski definition) is 3. The van der Waals surface area contributed by atoms with Gasteiger partial charge >= 0.3 is 5.97 Å². The van der Waals surface area contributed by atoms with Crippen LogP contribution in [0, 0.1) is 0 Å². The molecule has 0 aliphatic carbocycles. The molecule has 0 saturated carbocycles. The molecule has 1 heterocycles. The summed E-state index contributed by atoms with van der Waals surface area (Å²) in [6.45, 7) is -0.555. The lowest BCUT2D eigenvalue weighted by atomic mass is 10.1. The first kappa shape index (κ1) is 19.2. The molecular weight excluding hydrogens is 364 g/mol. The first-order valence-electron chi connectivity index (χ1n) is 8.61. The zero-order chi connectivity index (χ0) is 20.3. The van der Waals surface area contributed by atoms with Crippen LogP contribution < -0.4 is 5.32 Å². The molecule has 28 heavy (non-hydrogen) atoms. The van der Waals surface area contributed by atoms with E-state index in [0.29, 0.717) is 6.42 Å². The van der Waals surface area contributed by atoms with E-state index in [1.54, 1.807) is 0 Å². The lowest BCUT2D eigenvalue weighted by molar-refractivity contribution is -0.140. The monoisotopic (exact) mass is 382 g/mol. The number of amides is 3. The molecule has 0 aromatic heterocycles. The number of carboxylic acid groups (broad SMARTS) is 1. The molecule has 3 rings (SSSR count). The van der Waals surface area contributed by atoms with Crippen LogP contribution in [0.1, 0.15) is 36.6 Å². The highest BCUT2D eigenvalue weighted by molar-refractivity contribution is 6.22. The van der Waals surface area contributed by atoms with Crippen molar-refractivity contribution in [3.8, 4) is 0 Å². The fourth-order valence-corrected chi connectivity index (χ4v) is 2.95. The highest BCUT2D eigenvalue weighted by atomic mass is 16.4. The average molecular weight is 382 g/mol. The number of carboxylic acids is 1. The summed E-state index contributed by atoms with van der Waals surface area (Å²) in [5, 5.41) is 20.1. The molecule has 2 aromatic carbocycles. The van der Waals surface area contributed by atoms with Gasteiger partial charge in [0.1, 0.15) is 0 Å². The Labute approximate surface area is 160 Å². The molecule has 0 spiro atoms. The summed E-state index contributed by atoms with van der Waals surface area (Å²) >= 11 is 0. The van der Waals surface area contributed by atoms with Crippen LogP contribution in [-0.4, -0.2) is 58.0 Å². The Kier molecular flexibility index (Phi) is 5.51. The molecule has 1 aliphatic rings. The molecule has 1 atom stereocenters. The van der Waals surface area contributed by atoms with E-state index in [9.17, 15) is 19.2 Å². The van der Waals surface area contributed by atoms with Crippen molar-refractivity contribution in [3.63, 3.8) is 0 Å². The van der Waals surface area contributed by atoms with Gasteiger partial charge in [0.15, 0.2) is 6.04 Å². The van der Waals surface area contributed by atoms with Crippen molar-refractivity contribution < 1.29 is 29.4 Å². The number of fused-ring (bicyclic) bond motifs is 1. The molecule has 0 radical (unpaired) electrons. The number of aliphatic hydroxyl groups is 1. The van der Waals surface area contributed by atoms with Gasteiger partial charge in [0.2, 0.25) is 0 Å². The van der Waals surface area contributed by atoms with Crippen molar-refractivity contribution in [1.82, 2.24) is 10.2 Å². The van der Waals surface area contributed by atoms with Gasteiger partial charge in [0.05, 0.1) is 17.7 Å². The highest BCUT2D eigenvalue weighted by Gasteiger charge is 2.35. The number of aliphatic carboxylic acids is 1. The van der Waals surface area contributed by atoms with Gasteiger partial charge < -0.3 is 15.5 Å². The Morgan fingerprint density at radius 2 is 1.68 bits per heavy atom.